The maximum atomic E-state index is 12.3. The lowest BCUT2D eigenvalue weighted by Gasteiger charge is -2.32. The zero-order chi connectivity index (χ0) is 14.8. The molecule has 1 aromatic rings. The van der Waals surface area contributed by atoms with Crippen molar-refractivity contribution >= 4 is 32.3 Å². The number of anilines is 1. The highest BCUT2D eigenvalue weighted by Crippen LogP contribution is 2.25. The molecule has 0 spiro atoms. The first-order valence-electron chi connectivity index (χ1n) is 6.19. The van der Waals surface area contributed by atoms with Crippen LogP contribution in [0.1, 0.15) is 24.8 Å². The highest BCUT2D eigenvalue weighted by Gasteiger charge is 2.34. The van der Waals surface area contributed by atoms with Crippen LogP contribution in [0.3, 0.4) is 0 Å². The minimum Gasteiger partial charge on any atom is -0.315 e. The lowest BCUT2D eigenvalue weighted by molar-refractivity contribution is -0.120. The van der Waals surface area contributed by atoms with Crippen molar-refractivity contribution in [1.29, 1.82) is 5.26 Å². The Morgan fingerprint density at radius 3 is 2.95 bits per heavy atom. The first-order chi connectivity index (χ1) is 9.43. The third-order valence-corrected chi connectivity index (χ3v) is 5.32. The maximum Gasteiger partial charge on any atom is 0.243 e. The molecule has 1 amide bonds. The summed E-state index contributed by atoms with van der Waals surface area (Å²) in [6.45, 7) is 0.368. The van der Waals surface area contributed by atoms with Crippen LogP contribution >= 0.6 is 11.3 Å². The molecule has 0 radical (unpaired) electrons. The summed E-state index contributed by atoms with van der Waals surface area (Å²) in [6.07, 6.45) is 3.20. The van der Waals surface area contributed by atoms with Crippen LogP contribution in [0, 0.1) is 11.3 Å². The number of rotatable bonds is 3. The average Bonchev–Trinajstić information content (AvgIpc) is 2.85. The molecule has 0 bridgehead atoms. The van der Waals surface area contributed by atoms with Gasteiger partial charge in [0.05, 0.1) is 11.8 Å². The van der Waals surface area contributed by atoms with E-state index in [0.29, 0.717) is 23.5 Å². The van der Waals surface area contributed by atoms with Gasteiger partial charge in [-0.25, -0.2) is 8.42 Å². The molecule has 0 unspecified atom stereocenters. The van der Waals surface area contributed by atoms with Crippen molar-refractivity contribution in [2.45, 2.75) is 25.3 Å². The lowest BCUT2D eigenvalue weighted by atomic mass is 10.0. The monoisotopic (exact) mass is 313 g/mol. The van der Waals surface area contributed by atoms with Crippen molar-refractivity contribution in [3.63, 3.8) is 0 Å². The zero-order valence-corrected chi connectivity index (χ0v) is 12.6. The number of nitrogens with one attached hydrogen (secondary N) is 1. The largest absolute Gasteiger partial charge is 0.315 e. The molecule has 2 rings (SSSR count). The number of carbonyl (C=O) groups excluding carboxylic acids is 1. The summed E-state index contributed by atoms with van der Waals surface area (Å²) in [4.78, 5) is 12.3. The summed E-state index contributed by atoms with van der Waals surface area (Å²) < 4.78 is 24.7. The van der Waals surface area contributed by atoms with Crippen LogP contribution < -0.4 is 5.32 Å². The summed E-state index contributed by atoms with van der Waals surface area (Å²) in [5.41, 5.74) is 0.394. The minimum atomic E-state index is -3.40. The van der Waals surface area contributed by atoms with Gasteiger partial charge in [-0.3, -0.25) is 4.79 Å². The van der Waals surface area contributed by atoms with E-state index in [4.69, 9.17) is 5.26 Å². The first kappa shape index (κ1) is 15.0. The minimum absolute atomic E-state index is 0.367. The Balaban J connectivity index is 2.17. The van der Waals surface area contributed by atoms with Gasteiger partial charge >= 0.3 is 0 Å². The van der Waals surface area contributed by atoms with Gasteiger partial charge < -0.3 is 5.32 Å². The van der Waals surface area contributed by atoms with Crippen molar-refractivity contribution in [3.05, 3.63) is 17.0 Å². The highest BCUT2D eigenvalue weighted by molar-refractivity contribution is 7.88. The number of hydrogen-bond donors (Lipinski definition) is 1. The number of nitriles is 1. The Morgan fingerprint density at radius 1 is 1.55 bits per heavy atom. The van der Waals surface area contributed by atoms with Gasteiger partial charge in [-0.1, -0.05) is 6.42 Å². The molecule has 1 N–H and O–H groups in total. The molecule has 0 saturated carbocycles. The van der Waals surface area contributed by atoms with E-state index < -0.39 is 16.1 Å². The Kier molecular flexibility index (Phi) is 4.42. The molecule has 1 fully saturated rings. The summed E-state index contributed by atoms with van der Waals surface area (Å²) in [5.74, 6) is -0.367. The van der Waals surface area contributed by atoms with Crippen LogP contribution in [0.4, 0.5) is 5.00 Å². The number of thiophene rings is 1. The standard InChI is InChI=1S/C12H15N3O3S2/c1-20(17,18)15-6-3-2-4-10(15)11(16)14-12-9(8-13)5-7-19-12/h5,7,10H,2-4,6H2,1H3,(H,14,16)/t10-/m1/s1. The normalized spacial score (nSPS) is 20.3. The molecule has 0 aliphatic carbocycles. The number of carbonyl (C=O) groups is 1. The molecule has 20 heavy (non-hydrogen) atoms. The van der Waals surface area contributed by atoms with Gasteiger partial charge in [0.1, 0.15) is 17.1 Å². The molecule has 1 aromatic heterocycles. The van der Waals surface area contributed by atoms with Gasteiger partial charge in [0.25, 0.3) is 0 Å². The molecule has 6 nitrogen and oxygen atoms in total. The van der Waals surface area contributed by atoms with Crippen molar-refractivity contribution in [3.8, 4) is 6.07 Å². The van der Waals surface area contributed by atoms with Crippen LogP contribution in [0.25, 0.3) is 0 Å². The van der Waals surface area contributed by atoms with E-state index >= 15 is 0 Å². The van der Waals surface area contributed by atoms with Crippen LogP contribution in [0.15, 0.2) is 11.4 Å². The lowest BCUT2D eigenvalue weighted by Crippen LogP contribution is -2.49. The Hall–Kier alpha value is -1.43. The number of nitrogens with zero attached hydrogens (tertiary/aromatic N) is 2. The predicted octanol–water partition coefficient (Wildman–Crippen LogP) is 1.37. The molecule has 1 aliphatic rings. The van der Waals surface area contributed by atoms with Gasteiger partial charge in [0, 0.05) is 6.54 Å². The Bertz CT molecular complexity index is 645. The second-order valence-electron chi connectivity index (χ2n) is 4.65. The third kappa shape index (κ3) is 3.17. The van der Waals surface area contributed by atoms with Crippen LogP contribution in [0.5, 0.6) is 0 Å². The van der Waals surface area contributed by atoms with Gasteiger partial charge in [-0.2, -0.15) is 9.57 Å². The van der Waals surface area contributed by atoms with E-state index in [0.717, 1.165) is 19.1 Å². The van der Waals surface area contributed by atoms with E-state index in [1.165, 1.54) is 15.6 Å². The summed E-state index contributed by atoms with van der Waals surface area (Å²) >= 11 is 1.25. The SMILES string of the molecule is CS(=O)(=O)N1CCCC[C@@H]1C(=O)Nc1sccc1C#N. The smallest absolute Gasteiger partial charge is 0.243 e. The molecule has 1 atom stereocenters. The predicted molar refractivity (Wildman–Crippen MR) is 76.9 cm³/mol. The van der Waals surface area contributed by atoms with Crippen LogP contribution in [-0.2, 0) is 14.8 Å². The number of amides is 1. The van der Waals surface area contributed by atoms with Crippen molar-refractivity contribution < 1.29 is 13.2 Å². The van der Waals surface area contributed by atoms with Gasteiger partial charge in [0.15, 0.2) is 0 Å². The topological polar surface area (TPSA) is 90.3 Å². The summed E-state index contributed by atoms with van der Waals surface area (Å²) in [5, 5.41) is 13.8. The third-order valence-electron chi connectivity index (χ3n) is 3.20. The zero-order valence-electron chi connectivity index (χ0n) is 11.0. The quantitative estimate of drug-likeness (QED) is 0.912. The fourth-order valence-electron chi connectivity index (χ4n) is 2.25. The van der Waals surface area contributed by atoms with Gasteiger partial charge in [0.2, 0.25) is 15.9 Å². The van der Waals surface area contributed by atoms with Crippen LogP contribution in [-0.4, -0.2) is 37.5 Å². The molecule has 1 saturated heterocycles. The van der Waals surface area contributed by atoms with Gasteiger partial charge in [-0.05, 0) is 24.3 Å². The maximum absolute atomic E-state index is 12.3. The van der Waals surface area contributed by atoms with Crippen molar-refractivity contribution in [2.24, 2.45) is 0 Å². The summed E-state index contributed by atoms with van der Waals surface area (Å²) in [7, 11) is -3.40. The van der Waals surface area contributed by atoms with Crippen LogP contribution in [0.2, 0.25) is 0 Å². The molecule has 0 aromatic carbocycles. The molecule has 2 heterocycles. The second-order valence-corrected chi connectivity index (χ2v) is 7.50. The molecule has 8 heteroatoms. The molecular formula is C12H15N3O3S2. The Labute approximate surface area is 122 Å². The highest BCUT2D eigenvalue weighted by atomic mass is 32.2. The van der Waals surface area contributed by atoms with E-state index in [1.807, 2.05) is 6.07 Å². The van der Waals surface area contributed by atoms with E-state index in [1.54, 1.807) is 11.4 Å². The van der Waals surface area contributed by atoms with E-state index in [2.05, 4.69) is 5.32 Å². The average molecular weight is 313 g/mol. The van der Waals surface area contributed by atoms with E-state index in [-0.39, 0.29) is 5.91 Å². The Morgan fingerprint density at radius 2 is 2.30 bits per heavy atom. The summed E-state index contributed by atoms with van der Waals surface area (Å²) in [6, 6.07) is 2.92. The number of sulfonamides is 1. The first-order valence-corrected chi connectivity index (χ1v) is 8.91. The molecule has 108 valence electrons. The van der Waals surface area contributed by atoms with Gasteiger partial charge in [-0.15, -0.1) is 11.3 Å². The second kappa shape index (κ2) is 5.91. The van der Waals surface area contributed by atoms with E-state index in [9.17, 15) is 13.2 Å². The number of piperidine rings is 1. The van der Waals surface area contributed by atoms with Crippen molar-refractivity contribution in [2.75, 3.05) is 18.1 Å². The fraction of sp³-hybridized carbons (Fsp3) is 0.500. The molecule has 1 aliphatic heterocycles. The number of hydrogen-bond acceptors (Lipinski definition) is 5. The molecular weight excluding hydrogens is 298 g/mol. The van der Waals surface area contributed by atoms with Crippen molar-refractivity contribution in [1.82, 2.24) is 4.31 Å². The fourth-order valence-corrected chi connectivity index (χ4v) is 4.12.